The minimum atomic E-state index is -3.63. The largest absolute Gasteiger partial charge is 0.469 e. The quantitative estimate of drug-likeness (QED) is 0.253. The third-order valence-corrected chi connectivity index (χ3v) is 7.96. The van der Waals surface area contributed by atoms with Crippen molar-refractivity contribution in [3.8, 4) is 0 Å². The Morgan fingerprint density at radius 3 is 2.56 bits per heavy atom. The van der Waals surface area contributed by atoms with Gasteiger partial charge in [-0.05, 0) is 42.3 Å². The summed E-state index contributed by atoms with van der Waals surface area (Å²) in [5.41, 5.74) is 2.06. The molecule has 0 fully saturated rings. The smallest absolute Gasteiger partial charge is 0.311 e. The van der Waals surface area contributed by atoms with E-state index in [-0.39, 0.29) is 29.5 Å². The van der Waals surface area contributed by atoms with E-state index in [1.165, 1.54) is 30.6 Å². The Hall–Kier alpha value is -3.31. The predicted molar refractivity (Wildman–Crippen MR) is 138 cm³/mol. The number of hydrogen-bond donors (Lipinski definition) is 2. The first-order valence-corrected chi connectivity index (χ1v) is 13.9. The molecular weight excluding hydrogens is 505 g/mol. The third kappa shape index (κ3) is 7.59. The summed E-state index contributed by atoms with van der Waals surface area (Å²) < 4.78 is 43.9. The minimum Gasteiger partial charge on any atom is -0.469 e. The van der Waals surface area contributed by atoms with E-state index in [0.29, 0.717) is 28.5 Å². The number of hydrogen-bond acceptors (Lipinski definition) is 8. The summed E-state index contributed by atoms with van der Waals surface area (Å²) in [5.74, 6) is -1.41. The molecule has 3 aromatic rings. The summed E-state index contributed by atoms with van der Waals surface area (Å²) in [6, 6.07) is 10.5. The maximum atomic E-state index is 13.8. The molecule has 0 radical (unpaired) electrons. The van der Waals surface area contributed by atoms with E-state index in [4.69, 9.17) is 0 Å². The number of esters is 1. The van der Waals surface area contributed by atoms with Crippen LogP contribution in [0.3, 0.4) is 0 Å². The molecule has 0 atom stereocenters. The second kappa shape index (κ2) is 12.6. The Morgan fingerprint density at radius 1 is 1.11 bits per heavy atom. The van der Waals surface area contributed by atoms with Gasteiger partial charge in [0.2, 0.25) is 0 Å². The fourth-order valence-corrected chi connectivity index (χ4v) is 5.63. The van der Waals surface area contributed by atoms with Crippen molar-refractivity contribution in [3.05, 3.63) is 70.5 Å². The summed E-state index contributed by atoms with van der Waals surface area (Å²) in [4.78, 5) is 28.0. The average molecular weight is 534 g/mol. The zero-order valence-corrected chi connectivity index (χ0v) is 21.7. The van der Waals surface area contributed by atoms with Crippen molar-refractivity contribution >= 4 is 43.9 Å². The van der Waals surface area contributed by atoms with Gasteiger partial charge in [0.25, 0.3) is 5.91 Å². The Kier molecular flexibility index (Phi) is 9.54. The number of nitrogens with one attached hydrogen (secondary N) is 2. The lowest BCUT2D eigenvalue weighted by atomic mass is 10.1. The second-order valence-corrected chi connectivity index (χ2v) is 11.0. The number of carbonyl (C=O) groups excluding carboxylic acids is 2. The van der Waals surface area contributed by atoms with Gasteiger partial charge in [-0.15, -0.1) is 11.3 Å². The molecule has 1 heterocycles. The molecule has 8 nitrogen and oxygen atoms in total. The van der Waals surface area contributed by atoms with E-state index in [9.17, 15) is 22.4 Å². The Bertz CT molecular complexity index is 1310. The Morgan fingerprint density at radius 2 is 1.86 bits per heavy atom. The number of ether oxygens (including phenoxy) is 1. The lowest BCUT2D eigenvalue weighted by molar-refractivity contribution is -0.139. The molecule has 0 bridgehead atoms. The highest BCUT2D eigenvalue weighted by atomic mass is 32.2. The van der Waals surface area contributed by atoms with Crippen molar-refractivity contribution in [3.63, 3.8) is 0 Å². The third-order valence-electron chi connectivity index (χ3n) is 5.32. The number of thiazole rings is 1. The summed E-state index contributed by atoms with van der Waals surface area (Å²) in [7, 11) is -2.33. The summed E-state index contributed by atoms with van der Waals surface area (Å²) >= 11 is 1.21. The van der Waals surface area contributed by atoms with Crippen molar-refractivity contribution in [2.24, 2.45) is 0 Å². The van der Waals surface area contributed by atoms with Gasteiger partial charge in [0.15, 0.2) is 15.0 Å². The van der Waals surface area contributed by atoms with Crippen molar-refractivity contribution in [1.29, 1.82) is 0 Å². The number of methoxy groups -OCH3 is 1. The number of aromatic nitrogens is 1. The normalized spacial score (nSPS) is 11.2. The molecule has 2 aromatic carbocycles. The van der Waals surface area contributed by atoms with Crippen LogP contribution in [0.5, 0.6) is 0 Å². The SMILES string of the molecule is CCCCCS(=O)(=O)c1cc(F)ccc1NCc1ccc(C(=O)Nc2nc(CC(=O)OC)cs2)cc1. The first kappa shape index (κ1) is 27.3. The first-order chi connectivity index (χ1) is 17.2. The second-order valence-electron chi connectivity index (χ2n) is 8.07. The topological polar surface area (TPSA) is 114 Å². The molecule has 0 saturated heterocycles. The number of nitrogens with zero attached hydrogens (tertiary/aromatic N) is 1. The zero-order valence-electron chi connectivity index (χ0n) is 20.0. The van der Waals surface area contributed by atoms with Gasteiger partial charge >= 0.3 is 5.97 Å². The minimum absolute atomic E-state index is 0.0282. The molecule has 0 unspecified atom stereocenters. The van der Waals surface area contributed by atoms with E-state index >= 15 is 0 Å². The maximum absolute atomic E-state index is 13.8. The van der Waals surface area contributed by atoms with Crippen molar-refractivity contribution in [2.45, 2.75) is 44.0 Å². The molecule has 2 N–H and O–H groups in total. The Labute approximate surface area is 213 Å². The highest BCUT2D eigenvalue weighted by Crippen LogP contribution is 2.25. The fraction of sp³-hybridized carbons (Fsp3) is 0.320. The van der Waals surface area contributed by atoms with Crippen molar-refractivity contribution < 1.29 is 27.1 Å². The van der Waals surface area contributed by atoms with Gasteiger partial charge in [-0.2, -0.15) is 0 Å². The van der Waals surface area contributed by atoms with Gasteiger partial charge in [0.05, 0.1) is 35.6 Å². The lowest BCUT2D eigenvalue weighted by Gasteiger charge is -2.13. The molecule has 192 valence electrons. The van der Waals surface area contributed by atoms with Crippen LogP contribution in [0.2, 0.25) is 0 Å². The van der Waals surface area contributed by atoms with Gasteiger partial charge in [-0.1, -0.05) is 31.9 Å². The average Bonchev–Trinajstić information content (AvgIpc) is 3.29. The van der Waals surface area contributed by atoms with E-state index in [0.717, 1.165) is 24.5 Å². The van der Waals surface area contributed by atoms with Gasteiger partial charge < -0.3 is 10.1 Å². The van der Waals surface area contributed by atoms with Crippen LogP contribution in [0.25, 0.3) is 0 Å². The molecule has 36 heavy (non-hydrogen) atoms. The highest BCUT2D eigenvalue weighted by molar-refractivity contribution is 7.91. The van der Waals surface area contributed by atoms with Crippen LogP contribution in [0.1, 0.15) is 47.8 Å². The van der Waals surface area contributed by atoms with E-state index in [1.807, 2.05) is 6.92 Å². The van der Waals surface area contributed by atoms with Crippen molar-refractivity contribution in [2.75, 3.05) is 23.5 Å². The van der Waals surface area contributed by atoms with Crippen molar-refractivity contribution in [1.82, 2.24) is 4.98 Å². The standard InChI is InChI=1S/C25H28FN3O5S2/c1-3-4-5-12-36(32,33)22-13-19(26)10-11-21(22)27-15-17-6-8-18(9-7-17)24(31)29-25-28-20(16-35-25)14-23(30)34-2/h6-11,13,16,27H,3-5,12,14-15H2,1-2H3,(H,28,29,31). The molecule has 11 heteroatoms. The number of sulfone groups is 1. The van der Waals surface area contributed by atoms with Crippen LogP contribution in [0.15, 0.2) is 52.7 Å². The van der Waals surface area contributed by atoms with Crippen LogP contribution in [0, 0.1) is 5.82 Å². The fourth-order valence-electron chi connectivity index (χ4n) is 3.36. The van der Waals surface area contributed by atoms with E-state index in [2.05, 4.69) is 20.4 Å². The molecule has 0 aliphatic carbocycles. The number of amides is 1. The van der Waals surface area contributed by atoms with Crippen LogP contribution in [0.4, 0.5) is 15.2 Å². The monoisotopic (exact) mass is 533 g/mol. The van der Waals surface area contributed by atoms with E-state index < -0.39 is 21.6 Å². The zero-order chi connectivity index (χ0) is 26.1. The first-order valence-electron chi connectivity index (χ1n) is 11.4. The molecule has 3 rings (SSSR count). The van der Waals surface area contributed by atoms with Gasteiger partial charge in [-0.3, -0.25) is 14.9 Å². The van der Waals surface area contributed by atoms with Crippen LogP contribution in [-0.4, -0.2) is 38.1 Å². The highest BCUT2D eigenvalue weighted by Gasteiger charge is 2.19. The summed E-state index contributed by atoms with van der Waals surface area (Å²) in [6.45, 7) is 2.27. The van der Waals surface area contributed by atoms with Gasteiger partial charge in [-0.25, -0.2) is 17.8 Å². The van der Waals surface area contributed by atoms with Crippen LogP contribution < -0.4 is 10.6 Å². The van der Waals surface area contributed by atoms with E-state index in [1.54, 1.807) is 29.6 Å². The number of rotatable bonds is 12. The number of anilines is 2. The van der Waals surface area contributed by atoms with Gasteiger partial charge in [0.1, 0.15) is 5.82 Å². The molecule has 0 aliphatic heterocycles. The molecular formula is C25H28FN3O5S2. The predicted octanol–water partition coefficient (Wildman–Crippen LogP) is 4.83. The Balaban J connectivity index is 1.62. The lowest BCUT2D eigenvalue weighted by Crippen LogP contribution is -2.13. The van der Waals surface area contributed by atoms with Crippen LogP contribution >= 0.6 is 11.3 Å². The molecule has 0 spiro atoms. The molecule has 1 amide bonds. The molecule has 1 aromatic heterocycles. The summed E-state index contributed by atoms with van der Waals surface area (Å²) in [5, 5.41) is 7.81. The number of halogens is 1. The summed E-state index contributed by atoms with van der Waals surface area (Å²) in [6.07, 6.45) is 2.22. The maximum Gasteiger partial charge on any atom is 0.311 e. The molecule has 0 saturated carbocycles. The molecule has 0 aliphatic rings. The number of carbonyl (C=O) groups is 2. The number of benzene rings is 2. The number of unbranched alkanes of at least 4 members (excludes halogenated alkanes) is 2. The van der Waals surface area contributed by atoms with Crippen LogP contribution in [-0.2, 0) is 32.3 Å². The van der Waals surface area contributed by atoms with Gasteiger partial charge in [0, 0.05) is 17.5 Å².